The van der Waals surface area contributed by atoms with Gasteiger partial charge in [0, 0.05) is 4.88 Å². The molecule has 0 radical (unpaired) electrons. The number of nitrogens with zero attached hydrogens (tertiary/aromatic N) is 3. The van der Waals surface area contributed by atoms with Crippen LogP contribution in [0.15, 0.2) is 17.5 Å². The van der Waals surface area contributed by atoms with Gasteiger partial charge < -0.3 is 5.32 Å². The lowest BCUT2D eigenvalue weighted by molar-refractivity contribution is -0.386. The summed E-state index contributed by atoms with van der Waals surface area (Å²) in [5, 5.41) is 19.8. The highest BCUT2D eigenvalue weighted by molar-refractivity contribution is 7.10. The Bertz CT molecular complexity index is 663. The van der Waals surface area contributed by atoms with Gasteiger partial charge in [-0.25, -0.2) is 0 Å². The van der Waals surface area contributed by atoms with Crippen molar-refractivity contribution in [2.75, 3.05) is 0 Å². The highest BCUT2D eigenvalue weighted by atomic mass is 32.1. The van der Waals surface area contributed by atoms with Crippen LogP contribution in [0, 0.1) is 24.0 Å². The van der Waals surface area contributed by atoms with Gasteiger partial charge >= 0.3 is 5.69 Å². The molecule has 1 amide bonds. The average molecular weight is 308 g/mol. The Kier molecular flexibility index (Phi) is 4.37. The van der Waals surface area contributed by atoms with E-state index in [9.17, 15) is 14.9 Å². The minimum atomic E-state index is -0.472. The first-order valence-electron chi connectivity index (χ1n) is 6.41. The molecule has 8 heteroatoms. The quantitative estimate of drug-likeness (QED) is 0.678. The molecule has 112 valence electrons. The van der Waals surface area contributed by atoms with Crippen LogP contribution in [-0.2, 0) is 11.3 Å². The molecule has 1 atom stereocenters. The highest BCUT2D eigenvalue weighted by Crippen LogP contribution is 2.22. The lowest BCUT2D eigenvalue weighted by atomic mass is 10.3. The number of hydrogen-bond donors (Lipinski definition) is 1. The summed E-state index contributed by atoms with van der Waals surface area (Å²) in [4.78, 5) is 23.5. The summed E-state index contributed by atoms with van der Waals surface area (Å²) in [6.45, 7) is 5.02. The van der Waals surface area contributed by atoms with Gasteiger partial charge in [-0.2, -0.15) is 5.10 Å². The number of nitrogens with one attached hydrogen (secondary N) is 1. The SMILES string of the molecule is Cc1nn(CC(=O)NC(C)c2cccs2)c(C)c1[N+](=O)[O-]. The molecule has 0 saturated heterocycles. The number of carbonyl (C=O) groups excluding carboxylic acids is 1. The lowest BCUT2D eigenvalue weighted by Gasteiger charge is -2.12. The van der Waals surface area contributed by atoms with Gasteiger partial charge in [0.05, 0.1) is 11.0 Å². The molecule has 2 heterocycles. The second-order valence-electron chi connectivity index (χ2n) is 4.74. The summed E-state index contributed by atoms with van der Waals surface area (Å²) in [6.07, 6.45) is 0. The Morgan fingerprint density at radius 2 is 2.29 bits per heavy atom. The van der Waals surface area contributed by atoms with Gasteiger partial charge in [0.1, 0.15) is 17.9 Å². The van der Waals surface area contributed by atoms with Crippen LogP contribution < -0.4 is 5.32 Å². The predicted octanol–water partition coefficient (Wildman–Crippen LogP) is 2.35. The molecular formula is C13H16N4O3S. The number of hydrogen-bond acceptors (Lipinski definition) is 5. The second-order valence-corrected chi connectivity index (χ2v) is 5.72. The molecule has 1 unspecified atom stereocenters. The van der Waals surface area contributed by atoms with Crippen molar-refractivity contribution in [2.24, 2.45) is 0 Å². The first-order valence-corrected chi connectivity index (χ1v) is 7.29. The Morgan fingerprint density at radius 1 is 1.57 bits per heavy atom. The summed E-state index contributed by atoms with van der Waals surface area (Å²) >= 11 is 1.57. The summed E-state index contributed by atoms with van der Waals surface area (Å²) in [6, 6.07) is 3.78. The average Bonchev–Trinajstić information content (AvgIpc) is 2.98. The minimum Gasteiger partial charge on any atom is -0.347 e. The topological polar surface area (TPSA) is 90.1 Å². The van der Waals surface area contributed by atoms with Crippen LogP contribution in [0.4, 0.5) is 5.69 Å². The third-order valence-corrected chi connectivity index (χ3v) is 4.22. The molecule has 2 aromatic heterocycles. The largest absolute Gasteiger partial charge is 0.347 e. The normalized spacial score (nSPS) is 12.1. The molecule has 0 aliphatic carbocycles. The molecule has 2 rings (SSSR count). The Balaban J connectivity index is 2.07. The van der Waals surface area contributed by atoms with E-state index in [4.69, 9.17) is 0 Å². The predicted molar refractivity (Wildman–Crippen MR) is 79.2 cm³/mol. The molecule has 0 aromatic carbocycles. The van der Waals surface area contributed by atoms with E-state index in [1.807, 2.05) is 24.4 Å². The Hall–Kier alpha value is -2.22. The third kappa shape index (κ3) is 3.27. The fraction of sp³-hybridized carbons (Fsp3) is 0.385. The van der Waals surface area contributed by atoms with Gasteiger partial charge in [-0.1, -0.05) is 6.07 Å². The lowest BCUT2D eigenvalue weighted by Crippen LogP contribution is -2.30. The van der Waals surface area contributed by atoms with Crippen molar-refractivity contribution in [1.82, 2.24) is 15.1 Å². The van der Waals surface area contributed by atoms with Crippen LogP contribution >= 0.6 is 11.3 Å². The van der Waals surface area contributed by atoms with E-state index in [1.165, 1.54) is 4.68 Å². The number of aromatic nitrogens is 2. The molecule has 7 nitrogen and oxygen atoms in total. The second kappa shape index (κ2) is 6.04. The maximum atomic E-state index is 12.0. The van der Waals surface area contributed by atoms with Gasteiger partial charge in [-0.3, -0.25) is 19.6 Å². The third-order valence-electron chi connectivity index (χ3n) is 3.17. The van der Waals surface area contributed by atoms with Crippen LogP contribution in [0.5, 0.6) is 0 Å². The fourth-order valence-electron chi connectivity index (χ4n) is 2.14. The fourth-order valence-corrected chi connectivity index (χ4v) is 2.87. The van der Waals surface area contributed by atoms with Crippen LogP contribution in [0.2, 0.25) is 0 Å². The van der Waals surface area contributed by atoms with Gasteiger partial charge in [-0.05, 0) is 32.2 Å². The Labute approximate surface area is 125 Å². The number of amides is 1. The highest BCUT2D eigenvalue weighted by Gasteiger charge is 2.23. The number of nitro groups is 1. The van der Waals surface area contributed by atoms with Crippen molar-refractivity contribution in [2.45, 2.75) is 33.4 Å². The first-order chi connectivity index (χ1) is 9.90. The molecular weight excluding hydrogens is 292 g/mol. The molecule has 0 aliphatic heterocycles. The number of rotatable bonds is 5. The van der Waals surface area contributed by atoms with Crippen molar-refractivity contribution in [3.05, 3.63) is 43.9 Å². The zero-order valence-corrected chi connectivity index (χ0v) is 12.8. The summed E-state index contributed by atoms with van der Waals surface area (Å²) in [5.74, 6) is -0.226. The molecule has 0 fully saturated rings. The summed E-state index contributed by atoms with van der Waals surface area (Å²) in [7, 11) is 0. The van der Waals surface area contributed by atoms with Crippen LogP contribution in [0.25, 0.3) is 0 Å². The van der Waals surface area contributed by atoms with Gasteiger partial charge in [0.25, 0.3) is 0 Å². The van der Waals surface area contributed by atoms with E-state index >= 15 is 0 Å². The van der Waals surface area contributed by atoms with Crippen LogP contribution in [0.3, 0.4) is 0 Å². The molecule has 21 heavy (non-hydrogen) atoms. The standard InChI is InChI=1S/C13H16N4O3S/c1-8(11-5-4-6-21-11)14-12(18)7-16-10(3)13(17(19)20)9(2)15-16/h4-6,8H,7H2,1-3H3,(H,14,18). The van der Waals surface area contributed by atoms with E-state index in [2.05, 4.69) is 10.4 Å². The van der Waals surface area contributed by atoms with Crippen LogP contribution in [0.1, 0.15) is 29.2 Å². The summed E-state index contributed by atoms with van der Waals surface area (Å²) in [5.41, 5.74) is 0.669. The number of aryl methyl sites for hydroxylation is 1. The van der Waals surface area contributed by atoms with E-state index in [0.717, 1.165) is 4.88 Å². The molecule has 1 N–H and O–H groups in total. The van der Waals surface area contributed by atoms with E-state index < -0.39 is 4.92 Å². The van der Waals surface area contributed by atoms with Gasteiger partial charge in [0.15, 0.2) is 0 Å². The first kappa shape index (κ1) is 15.2. The van der Waals surface area contributed by atoms with E-state index in [0.29, 0.717) is 11.4 Å². The van der Waals surface area contributed by atoms with Gasteiger partial charge in [0.2, 0.25) is 5.91 Å². The molecule has 0 saturated carbocycles. The molecule has 0 bridgehead atoms. The van der Waals surface area contributed by atoms with Crippen molar-refractivity contribution in [3.8, 4) is 0 Å². The Morgan fingerprint density at radius 3 is 2.81 bits per heavy atom. The number of thiophene rings is 1. The van der Waals surface area contributed by atoms with Crippen LogP contribution in [-0.4, -0.2) is 20.6 Å². The van der Waals surface area contributed by atoms with Crippen molar-refractivity contribution >= 4 is 22.9 Å². The zero-order chi connectivity index (χ0) is 15.6. The van der Waals surface area contributed by atoms with Crippen molar-refractivity contribution in [1.29, 1.82) is 0 Å². The monoisotopic (exact) mass is 308 g/mol. The van der Waals surface area contributed by atoms with E-state index in [1.54, 1.807) is 25.2 Å². The van der Waals surface area contributed by atoms with Crippen molar-refractivity contribution in [3.63, 3.8) is 0 Å². The van der Waals surface area contributed by atoms with E-state index in [-0.39, 0.29) is 24.2 Å². The van der Waals surface area contributed by atoms with Gasteiger partial charge in [-0.15, -0.1) is 11.3 Å². The molecule has 0 spiro atoms. The summed E-state index contributed by atoms with van der Waals surface area (Å²) < 4.78 is 1.37. The smallest absolute Gasteiger partial charge is 0.312 e. The van der Waals surface area contributed by atoms with Crippen molar-refractivity contribution < 1.29 is 9.72 Å². The minimum absolute atomic E-state index is 0.0315. The maximum Gasteiger partial charge on any atom is 0.312 e. The zero-order valence-electron chi connectivity index (χ0n) is 12.0. The number of carbonyl (C=O) groups is 1. The molecule has 0 aliphatic rings. The maximum absolute atomic E-state index is 12.0. The molecule has 2 aromatic rings.